The molecule has 0 aliphatic heterocycles. The summed E-state index contributed by atoms with van der Waals surface area (Å²) in [5.41, 5.74) is 0. The lowest BCUT2D eigenvalue weighted by Gasteiger charge is -2.42. The maximum atomic E-state index is 13.7. The Morgan fingerprint density at radius 2 is 1.13 bits per heavy atom. The first kappa shape index (κ1) is 18.4. The van der Waals surface area contributed by atoms with Gasteiger partial charge in [-0.25, -0.2) is 0 Å². The van der Waals surface area contributed by atoms with Crippen LogP contribution in [0.15, 0.2) is 0 Å². The first-order chi connectivity index (χ1) is 15.1. The summed E-state index contributed by atoms with van der Waals surface area (Å²) >= 11 is 0. The summed E-state index contributed by atoms with van der Waals surface area (Å²) in [6, 6.07) is 0. The third-order valence-electron chi connectivity index (χ3n) is 12.6. The fourth-order valence-corrected chi connectivity index (χ4v) is 12.2. The molecule has 8 aliphatic carbocycles. The van der Waals surface area contributed by atoms with Gasteiger partial charge in [-0.2, -0.15) is 0 Å². The van der Waals surface area contributed by atoms with Crippen LogP contribution in [-0.4, -0.2) is 25.2 Å². The van der Waals surface area contributed by atoms with E-state index in [1.807, 2.05) is 0 Å². The lowest BCUT2D eigenvalue weighted by molar-refractivity contribution is -0.172. The van der Waals surface area contributed by atoms with Gasteiger partial charge in [0, 0.05) is 0 Å². The standard InChI is InChI=1S/C27H36O4/c1-30-26(28)24-17-10-18(23-14-5-4-13(7-14)22(17)23)25(24)27(29)31-19-9-15-8-16(19)21-12-3-2-11(6-12)20(15)21/h11-25H,2-10H2,1H3. The van der Waals surface area contributed by atoms with E-state index in [1.54, 1.807) is 0 Å². The summed E-state index contributed by atoms with van der Waals surface area (Å²) in [6.45, 7) is 0. The van der Waals surface area contributed by atoms with Crippen molar-refractivity contribution in [2.75, 3.05) is 7.11 Å². The van der Waals surface area contributed by atoms with Crippen molar-refractivity contribution in [3.05, 3.63) is 0 Å². The maximum Gasteiger partial charge on any atom is 0.310 e. The second-order valence-corrected chi connectivity index (χ2v) is 13.0. The van der Waals surface area contributed by atoms with Crippen LogP contribution in [0.1, 0.15) is 57.8 Å². The SMILES string of the molecule is COC(=O)C1C2CC(C1C(=O)OC1CC3CC1C1C4CCC(C4)C31)C1C3CCC(C3)C21. The molecule has 8 rings (SSSR count). The molecule has 8 bridgehead atoms. The summed E-state index contributed by atoms with van der Waals surface area (Å²) in [5, 5.41) is 0. The van der Waals surface area contributed by atoms with Gasteiger partial charge in [-0.3, -0.25) is 9.59 Å². The number of ether oxygens (including phenoxy) is 2. The highest BCUT2D eigenvalue weighted by Gasteiger charge is 2.70. The van der Waals surface area contributed by atoms with Crippen LogP contribution in [0, 0.1) is 82.9 Å². The number of hydrogen-bond acceptors (Lipinski definition) is 4. The van der Waals surface area contributed by atoms with Gasteiger partial charge in [-0.05, 0) is 129 Å². The van der Waals surface area contributed by atoms with Crippen molar-refractivity contribution in [1.82, 2.24) is 0 Å². The number of rotatable bonds is 3. The van der Waals surface area contributed by atoms with E-state index >= 15 is 0 Å². The zero-order chi connectivity index (χ0) is 20.6. The second kappa shape index (κ2) is 6.08. The third-order valence-corrected chi connectivity index (χ3v) is 12.6. The van der Waals surface area contributed by atoms with E-state index in [1.165, 1.54) is 52.1 Å². The molecule has 0 aromatic rings. The maximum absolute atomic E-state index is 13.7. The van der Waals surface area contributed by atoms with E-state index in [4.69, 9.17) is 9.47 Å². The molecule has 0 radical (unpaired) electrons. The summed E-state index contributed by atoms with van der Waals surface area (Å²) in [6.07, 6.45) is 11.9. The molecule has 0 N–H and O–H groups in total. The Morgan fingerprint density at radius 3 is 1.74 bits per heavy atom. The molecule has 4 heteroatoms. The van der Waals surface area contributed by atoms with Crippen LogP contribution < -0.4 is 0 Å². The number of carbonyl (C=O) groups is 2. The van der Waals surface area contributed by atoms with Crippen LogP contribution in [0.25, 0.3) is 0 Å². The first-order valence-electron chi connectivity index (χ1n) is 13.4. The average molecular weight is 425 g/mol. The molecule has 8 fully saturated rings. The number of methoxy groups -OCH3 is 1. The van der Waals surface area contributed by atoms with Gasteiger partial charge < -0.3 is 9.47 Å². The smallest absolute Gasteiger partial charge is 0.310 e. The summed E-state index contributed by atoms with van der Waals surface area (Å²) in [5.74, 6) is 8.13. The quantitative estimate of drug-likeness (QED) is 0.500. The van der Waals surface area contributed by atoms with Crippen molar-refractivity contribution in [3.63, 3.8) is 0 Å². The van der Waals surface area contributed by atoms with E-state index < -0.39 is 0 Å². The van der Waals surface area contributed by atoms with Gasteiger partial charge in [0.1, 0.15) is 6.10 Å². The normalized spacial score (nSPS) is 61.1. The van der Waals surface area contributed by atoms with Gasteiger partial charge in [-0.15, -0.1) is 0 Å². The molecule has 8 saturated carbocycles. The Kier molecular flexibility index (Phi) is 3.61. The Morgan fingerprint density at radius 1 is 0.581 bits per heavy atom. The van der Waals surface area contributed by atoms with E-state index in [9.17, 15) is 9.59 Å². The second-order valence-electron chi connectivity index (χ2n) is 13.0. The zero-order valence-corrected chi connectivity index (χ0v) is 18.7. The zero-order valence-electron chi connectivity index (χ0n) is 18.7. The first-order valence-corrected chi connectivity index (χ1v) is 13.4. The summed E-state index contributed by atoms with van der Waals surface area (Å²) in [4.78, 5) is 26.6. The minimum absolute atomic E-state index is 0.0265. The monoisotopic (exact) mass is 424 g/mol. The van der Waals surface area contributed by atoms with E-state index in [2.05, 4.69) is 0 Å². The molecule has 0 aromatic carbocycles. The van der Waals surface area contributed by atoms with Crippen molar-refractivity contribution in [2.24, 2.45) is 82.9 Å². The van der Waals surface area contributed by atoms with Crippen molar-refractivity contribution in [2.45, 2.75) is 63.9 Å². The topological polar surface area (TPSA) is 52.6 Å². The molecule has 0 aromatic heterocycles. The molecule has 15 atom stereocenters. The Labute approximate surface area is 185 Å². The molecule has 0 heterocycles. The Bertz CT molecular complexity index is 837. The van der Waals surface area contributed by atoms with Gasteiger partial charge in [0.25, 0.3) is 0 Å². The van der Waals surface area contributed by atoms with Crippen LogP contribution >= 0.6 is 0 Å². The predicted octanol–water partition coefficient (Wildman–Crippen LogP) is 4.32. The van der Waals surface area contributed by atoms with E-state index in [0.29, 0.717) is 29.6 Å². The average Bonchev–Trinajstić information content (AvgIpc) is 3.62. The van der Waals surface area contributed by atoms with Crippen LogP contribution in [0.2, 0.25) is 0 Å². The van der Waals surface area contributed by atoms with E-state index in [0.717, 1.165) is 54.3 Å². The van der Waals surface area contributed by atoms with Crippen LogP contribution in [0.5, 0.6) is 0 Å². The highest BCUT2D eigenvalue weighted by Crippen LogP contribution is 2.71. The summed E-state index contributed by atoms with van der Waals surface area (Å²) < 4.78 is 11.7. The largest absolute Gasteiger partial charge is 0.469 e. The van der Waals surface area contributed by atoms with Gasteiger partial charge in [-0.1, -0.05) is 0 Å². The van der Waals surface area contributed by atoms with E-state index in [-0.39, 0.29) is 29.9 Å². The molecule has 31 heavy (non-hydrogen) atoms. The molecule has 0 spiro atoms. The highest BCUT2D eigenvalue weighted by molar-refractivity contribution is 5.84. The molecule has 4 nitrogen and oxygen atoms in total. The van der Waals surface area contributed by atoms with Crippen molar-refractivity contribution in [1.29, 1.82) is 0 Å². The minimum Gasteiger partial charge on any atom is -0.469 e. The molecule has 15 unspecified atom stereocenters. The number of carbonyl (C=O) groups excluding carboxylic acids is 2. The summed E-state index contributed by atoms with van der Waals surface area (Å²) in [7, 11) is 1.50. The number of esters is 2. The molecular weight excluding hydrogens is 388 g/mol. The number of hydrogen-bond donors (Lipinski definition) is 0. The van der Waals surface area contributed by atoms with Gasteiger partial charge in [0.05, 0.1) is 18.9 Å². The molecule has 0 saturated heterocycles. The minimum atomic E-state index is -0.239. The highest BCUT2D eigenvalue weighted by atomic mass is 16.5. The Hall–Kier alpha value is -1.06. The van der Waals surface area contributed by atoms with Crippen molar-refractivity contribution >= 4 is 11.9 Å². The fourth-order valence-electron chi connectivity index (χ4n) is 12.2. The fraction of sp³-hybridized carbons (Fsp3) is 0.926. The third kappa shape index (κ3) is 2.15. The van der Waals surface area contributed by atoms with Crippen molar-refractivity contribution in [3.8, 4) is 0 Å². The lowest BCUT2D eigenvalue weighted by Crippen LogP contribution is -2.46. The van der Waals surface area contributed by atoms with Gasteiger partial charge in [0.2, 0.25) is 0 Å². The molecule has 168 valence electrons. The van der Waals surface area contributed by atoms with Gasteiger partial charge in [0.15, 0.2) is 0 Å². The lowest BCUT2D eigenvalue weighted by atomic mass is 9.63. The van der Waals surface area contributed by atoms with Crippen LogP contribution in [-0.2, 0) is 19.1 Å². The molecular formula is C27H36O4. The van der Waals surface area contributed by atoms with Crippen molar-refractivity contribution < 1.29 is 19.1 Å². The predicted molar refractivity (Wildman–Crippen MR) is 112 cm³/mol. The van der Waals surface area contributed by atoms with Gasteiger partial charge >= 0.3 is 11.9 Å². The Balaban J connectivity index is 1.05. The molecule has 8 aliphatic rings. The van der Waals surface area contributed by atoms with Crippen LogP contribution in [0.3, 0.4) is 0 Å². The van der Waals surface area contributed by atoms with Crippen LogP contribution in [0.4, 0.5) is 0 Å². The number of fused-ring (bicyclic) bond motifs is 18. The molecule has 0 amide bonds.